The lowest BCUT2D eigenvalue weighted by Gasteiger charge is -2.31. The van der Waals surface area contributed by atoms with Gasteiger partial charge in [-0.3, -0.25) is 0 Å². The molecule has 4 nitrogen and oxygen atoms in total. The molecule has 1 aromatic heterocycles. The van der Waals surface area contributed by atoms with Crippen LogP contribution in [0.2, 0.25) is 8.67 Å². The van der Waals surface area contributed by atoms with Crippen LogP contribution in [0.1, 0.15) is 26.7 Å². The number of halogens is 2. The summed E-state index contributed by atoms with van der Waals surface area (Å²) in [7, 11) is -3.52. The minimum atomic E-state index is -3.52. The highest BCUT2D eigenvalue weighted by Gasteiger charge is 2.31. The molecule has 0 spiro atoms. The van der Waals surface area contributed by atoms with Crippen molar-refractivity contribution in [1.82, 2.24) is 9.62 Å². The minimum absolute atomic E-state index is 0.137. The fourth-order valence-electron chi connectivity index (χ4n) is 2.40. The lowest BCUT2D eigenvalue weighted by molar-refractivity contribution is 0.264. The van der Waals surface area contributed by atoms with Gasteiger partial charge in [0.15, 0.2) is 0 Å². The highest BCUT2D eigenvalue weighted by Crippen LogP contribution is 2.36. The van der Waals surface area contributed by atoms with Gasteiger partial charge in [-0.2, -0.15) is 4.31 Å². The van der Waals surface area contributed by atoms with Crippen LogP contribution in [0.3, 0.4) is 0 Å². The first kappa shape index (κ1) is 17.5. The quantitative estimate of drug-likeness (QED) is 0.863. The molecule has 1 aromatic rings. The molecule has 0 aromatic carbocycles. The first-order valence-electron chi connectivity index (χ1n) is 6.99. The Balaban J connectivity index is 2.00. The average molecular weight is 371 g/mol. The van der Waals surface area contributed by atoms with E-state index >= 15 is 0 Å². The van der Waals surface area contributed by atoms with Crippen molar-refractivity contribution in [1.29, 1.82) is 0 Å². The maximum atomic E-state index is 12.6. The van der Waals surface area contributed by atoms with Crippen LogP contribution in [0, 0.1) is 5.92 Å². The topological polar surface area (TPSA) is 49.4 Å². The summed E-state index contributed by atoms with van der Waals surface area (Å²) < 4.78 is 27.3. The Morgan fingerprint density at radius 2 is 2.00 bits per heavy atom. The van der Waals surface area contributed by atoms with E-state index in [-0.39, 0.29) is 9.23 Å². The van der Waals surface area contributed by atoms with Crippen LogP contribution in [0.5, 0.6) is 0 Å². The maximum absolute atomic E-state index is 12.6. The van der Waals surface area contributed by atoms with Gasteiger partial charge in [-0.25, -0.2) is 8.42 Å². The predicted octanol–water partition coefficient (Wildman–Crippen LogP) is 3.45. The molecule has 21 heavy (non-hydrogen) atoms. The molecule has 1 saturated heterocycles. The molecule has 1 fully saturated rings. The van der Waals surface area contributed by atoms with Crippen LogP contribution in [0.4, 0.5) is 0 Å². The third kappa shape index (κ3) is 4.33. The van der Waals surface area contributed by atoms with Crippen LogP contribution >= 0.6 is 34.5 Å². The van der Waals surface area contributed by atoms with E-state index < -0.39 is 10.0 Å². The third-order valence-electron chi connectivity index (χ3n) is 3.63. The van der Waals surface area contributed by atoms with Crippen molar-refractivity contribution in [2.45, 2.75) is 37.6 Å². The molecule has 0 unspecified atom stereocenters. The van der Waals surface area contributed by atoms with Crippen LogP contribution in [0.15, 0.2) is 11.0 Å². The molecule has 120 valence electrons. The maximum Gasteiger partial charge on any atom is 0.245 e. The van der Waals surface area contributed by atoms with Gasteiger partial charge in [-0.1, -0.05) is 37.0 Å². The molecule has 1 aliphatic rings. The van der Waals surface area contributed by atoms with Crippen LogP contribution < -0.4 is 5.32 Å². The molecule has 0 aliphatic carbocycles. The molecule has 1 aliphatic heterocycles. The number of hydrogen-bond acceptors (Lipinski definition) is 4. The Hall–Kier alpha value is 0.150. The lowest BCUT2D eigenvalue weighted by atomic mass is 9.98. The molecular weight excluding hydrogens is 351 g/mol. The second-order valence-electron chi connectivity index (χ2n) is 5.60. The monoisotopic (exact) mass is 370 g/mol. The Morgan fingerprint density at radius 1 is 1.38 bits per heavy atom. The summed E-state index contributed by atoms with van der Waals surface area (Å²) in [6.07, 6.45) is 1.74. The number of nitrogens with one attached hydrogen (secondary N) is 1. The summed E-state index contributed by atoms with van der Waals surface area (Å²) >= 11 is 12.9. The Morgan fingerprint density at radius 3 is 2.48 bits per heavy atom. The van der Waals surface area contributed by atoms with Crippen LogP contribution in [-0.4, -0.2) is 38.4 Å². The van der Waals surface area contributed by atoms with Gasteiger partial charge < -0.3 is 5.32 Å². The van der Waals surface area contributed by atoms with Crippen molar-refractivity contribution in [2.75, 3.05) is 19.6 Å². The first-order chi connectivity index (χ1) is 9.80. The number of nitrogens with zero attached hydrogens (tertiary/aromatic N) is 1. The lowest BCUT2D eigenvalue weighted by Crippen LogP contribution is -2.41. The number of sulfonamides is 1. The second-order valence-corrected chi connectivity index (χ2v) is 9.79. The van der Waals surface area contributed by atoms with E-state index in [9.17, 15) is 8.42 Å². The van der Waals surface area contributed by atoms with E-state index in [4.69, 9.17) is 23.2 Å². The van der Waals surface area contributed by atoms with Gasteiger partial charge in [-0.15, -0.1) is 11.3 Å². The first-order valence-corrected chi connectivity index (χ1v) is 10.0. The Labute approximate surface area is 140 Å². The van der Waals surface area contributed by atoms with Crippen molar-refractivity contribution in [3.8, 4) is 0 Å². The summed E-state index contributed by atoms with van der Waals surface area (Å²) in [5.74, 6) is 0.528. The molecule has 1 N–H and O–H groups in total. The molecule has 8 heteroatoms. The van der Waals surface area contributed by atoms with Crippen molar-refractivity contribution < 1.29 is 8.42 Å². The van der Waals surface area contributed by atoms with Crippen LogP contribution in [-0.2, 0) is 10.0 Å². The largest absolute Gasteiger partial charge is 0.314 e. The van der Waals surface area contributed by atoms with Crippen molar-refractivity contribution >= 4 is 44.6 Å². The van der Waals surface area contributed by atoms with E-state index in [0.717, 1.165) is 30.7 Å². The minimum Gasteiger partial charge on any atom is -0.314 e. The highest BCUT2D eigenvalue weighted by molar-refractivity contribution is 7.89. The van der Waals surface area contributed by atoms with Crippen molar-refractivity contribution in [2.24, 2.45) is 5.92 Å². The zero-order valence-electron chi connectivity index (χ0n) is 12.1. The summed E-state index contributed by atoms with van der Waals surface area (Å²) in [6, 6.07) is 1.90. The molecule has 2 rings (SSSR count). The van der Waals surface area contributed by atoms with E-state index in [2.05, 4.69) is 19.2 Å². The number of hydrogen-bond donors (Lipinski definition) is 1. The van der Waals surface area contributed by atoms with E-state index in [1.54, 1.807) is 0 Å². The number of rotatable bonds is 5. The van der Waals surface area contributed by atoms with Gasteiger partial charge in [0.25, 0.3) is 0 Å². The normalized spacial score (nSPS) is 18.5. The number of piperidine rings is 1. The summed E-state index contributed by atoms with van der Waals surface area (Å²) in [4.78, 5) is 0.137. The van der Waals surface area contributed by atoms with Gasteiger partial charge in [0.2, 0.25) is 10.0 Å². The smallest absolute Gasteiger partial charge is 0.245 e. The highest BCUT2D eigenvalue weighted by atomic mass is 35.5. The fourth-order valence-corrected chi connectivity index (χ4v) is 5.98. The number of thiophene rings is 1. The van der Waals surface area contributed by atoms with Gasteiger partial charge in [-0.05, 0) is 31.4 Å². The van der Waals surface area contributed by atoms with Gasteiger partial charge in [0, 0.05) is 19.1 Å². The molecule has 0 atom stereocenters. The fraction of sp³-hybridized carbons (Fsp3) is 0.692. The zero-order chi connectivity index (χ0) is 15.6. The van der Waals surface area contributed by atoms with E-state index in [1.807, 2.05) is 0 Å². The second kappa shape index (κ2) is 7.15. The molecule has 0 amide bonds. The predicted molar refractivity (Wildman–Crippen MR) is 89.0 cm³/mol. The van der Waals surface area contributed by atoms with Gasteiger partial charge in [0.05, 0.1) is 4.34 Å². The van der Waals surface area contributed by atoms with Gasteiger partial charge in [0.1, 0.15) is 9.23 Å². The van der Waals surface area contributed by atoms with E-state index in [0.29, 0.717) is 29.4 Å². The molecular formula is C13H20Cl2N2O2S2. The van der Waals surface area contributed by atoms with Crippen LogP contribution in [0.25, 0.3) is 0 Å². The molecule has 0 bridgehead atoms. The third-order valence-corrected chi connectivity index (χ3v) is 7.28. The molecule has 2 heterocycles. The summed E-state index contributed by atoms with van der Waals surface area (Å²) in [5.41, 5.74) is 0. The van der Waals surface area contributed by atoms with Crippen molar-refractivity contribution in [3.63, 3.8) is 0 Å². The summed E-state index contributed by atoms with van der Waals surface area (Å²) in [5, 5.41) is 3.41. The molecule has 0 saturated carbocycles. The Bertz CT molecular complexity index is 579. The Kier molecular flexibility index (Phi) is 5.96. The van der Waals surface area contributed by atoms with E-state index in [1.165, 1.54) is 10.4 Å². The van der Waals surface area contributed by atoms with Gasteiger partial charge >= 0.3 is 0 Å². The standard InChI is InChI=1S/C13H20Cl2N2O2S2/c1-9(2)16-8-10-3-5-17(6-4-10)21(18,19)11-7-12(14)20-13(11)15/h7,9-10,16H,3-6,8H2,1-2H3. The van der Waals surface area contributed by atoms with Crippen molar-refractivity contribution in [3.05, 3.63) is 14.7 Å². The average Bonchev–Trinajstić information content (AvgIpc) is 2.76. The zero-order valence-corrected chi connectivity index (χ0v) is 15.2. The summed E-state index contributed by atoms with van der Waals surface area (Å²) in [6.45, 7) is 6.24. The SMILES string of the molecule is CC(C)NCC1CCN(S(=O)(=O)c2cc(Cl)sc2Cl)CC1. The molecule has 0 radical (unpaired) electrons.